The van der Waals surface area contributed by atoms with Crippen LogP contribution in [0.2, 0.25) is 0 Å². The first kappa shape index (κ1) is 23.0. The molecule has 2 amide bonds. The Morgan fingerprint density at radius 3 is 2.37 bits per heavy atom. The van der Waals surface area contributed by atoms with Crippen molar-refractivity contribution in [1.29, 1.82) is 0 Å². The van der Waals surface area contributed by atoms with Gasteiger partial charge in [-0.15, -0.1) is 0 Å². The molecule has 0 aromatic heterocycles. The zero-order valence-electron chi connectivity index (χ0n) is 19.3. The number of para-hydroxylation sites is 1. The maximum absolute atomic E-state index is 13.6. The molecule has 0 N–H and O–H groups in total. The second-order valence-corrected chi connectivity index (χ2v) is 9.65. The van der Waals surface area contributed by atoms with Gasteiger partial charge in [-0.2, -0.15) is 5.10 Å². The van der Waals surface area contributed by atoms with Crippen LogP contribution in [0.4, 0.5) is 11.4 Å². The fraction of sp³-hybridized carbons (Fsp3) is 0.185. The van der Waals surface area contributed by atoms with Crippen molar-refractivity contribution in [2.75, 3.05) is 30.4 Å². The Labute approximate surface area is 211 Å². The average Bonchev–Trinajstić information content (AvgIpc) is 3.41. The Hall–Kier alpha value is -3.78. The van der Waals surface area contributed by atoms with Crippen molar-refractivity contribution < 1.29 is 14.4 Å². The molecule has 8 heteroatoms. The number of benzene rings is 3. The van der Waals surface area contributed by atoms with Crippen LogP contribution in [-0.4, -0.2) is 49.0 Å². The number of amides is 2. The Balaban J connectivity index is 1.47. The lowest BCUT2D eigenvalue weighted by atomic mass is 9.98. The molecular formula is C27H23BrN4O3. The molecule has 2 aliphatic rings. The van der Waals surface area contributed by atoms with E-state index in [1.807, 2.05) is 67.5 Å². The van der Waals surface area contributed by atoms with Crippen LogP contribution in [0.15, 0.2) is 82.4 Å². The second-order valence-electron chi connectivity index (χ2n) is 8.74. The molecule has 35 heavy (non-hydrogen) atoms. The number of fused-ring (bicyclic) bond motifs is 1. The van der Waals surface area contributed by atoms with E-state index in [2.05, 4.69) is 15.9 Å². The summed E-state index contributed by atoms with van der Waals surface area (Å²) in [4.78, 5) is 41.9. The summed E-state index contributed by atoms with van der Waals surface area (Å²) in [6.07, 6.45) is 0.540. The van der Waals surface area contributed by atoms with Crippen LogP contribution in [-0.2, 0) is 9.59 Å². The lowest BCUT2D eigenvalue weighted by Gasteiger charge is -2.25. The molecule has 2 heterocycles. The molecule has 0 radical (unpaired) electrons. The Bertz CT molecular complexity index is 1350. The zero-order valence-corrected chi connectivity index (χ0v) is 20.9. The fourth-order valence-electron chi connectivity index (χ4n) is 4.42. The third-order valence-corrected chi connectivity index (χ3v) is 6.84. The van der Waals surface area contributed by atoms with E-state index in [1.54, 1.807) is 24.3 Å². The van der Waals surface area contributed by atoms with Crippen LogP contribution in [0, 0.1) is 0 Å². The van der Waals surface area contributed by atoms with Gasteiger partial charge in [-0.05, 0) is 47.5 Å². The summed E-state index contributed by atoms with van der Waals surface area (Å²) < 4.78 is 0.958. The highest BCUT2D eigenvalue weighted by Gasteiger charge is 2.40. The molecule has 0 saturated heterocycles. The third-order valence-electron chi connectivity index (χ3n) is 6.31. The summed E-state index contributed by atoms with van der Waals surface area (Å²) >= 11 is 3.46. The standard InChI is InChI=1S/C27H23BrN4O3/c1-30(2)20-13-9-18(10-14-20)24-15-22(17-7-11-19(28)12-8-17)29-32(24)25(33)16-31-23-6-4-3-5-21(23)26(34)27(31)35/h3-14,24H,15-16H2,1-2H3. The molecule has 7 nitrogen and oxygen atoms in total. The number of rotatable bonds is 5. The number of hydrogen-bond donors (Lipinski definition) is 0. The van der Waals surface area contributed by atoms with Gasteiger partial charge in [0.25, 0.3) is 17.6 Å². The number of nitrogens with zero attached hydrogens (tertiary/aromatic N) is 4. The fourth-order valence-corrected chi connectivity index (χ4v) is 4.69. The Morgan fingerprint density at radius 2 is 1.69 bits per heavy atom. The van der Waals surface area contributed by atoms with Gasteiger partial charge >= 0.3 is 0 Å². The van der Waals surface area contributed by atoms with Crippen LogP contribution < -0.4 is 9.80 Å². The molecule has 0 bridgehead atoms. The molecule has 0 fully saturated rings. The topological polar surface area (TPSA) is 73.3 Å². The Kier molecular flexibility index (Phi) is 5.98. The molecule has 5 rings (SSSR count). The summed E-state index contributed by atoms with van der Waals surface area (Å²) in [7, 11) is 3.95. The van der Waals surface area contributed by atoms with Crippen molar-refractivity contribution in [3.05, 3.63) is 94.0 Å². The van der Waals surface area contributed by atoms with Gasteiger partial charge in [-0.25, -0.2) is 5.01 Å². The first-order chi connectivity index (χ1) is 16.8. The number of hydrazone groups is 1. The molecule has 0 spiro atoms. The van der Waals surface area contributed by atoms with Crippen molar-refractivity contribution in [1.82, 2.24) is 5.01 Å². The molecule has 2 aliphatic heterocycles. The van der Waals surface area contributed by atoms with Crippen molar-refractivity contribution >= 4 is 50.6 Å². The van der Waals surface area contributed by atoms with Gasteiger partial charge in [0.1, 0.15) is 6.54 Å². The van der Waals surface area contributed by atoms with Gasteiger partial charge in [0.2, 0.25) is 0 Å². The minimum Gasteiger partial charge on any atom is -0.378 e. The van der Waals surface area contributed by atoms with Crippen molar-refractivity contribution in [2.24, 2.45) is 5.10 Å². The number of hydrogen-bond acceptors (Lipinski definition) is 5. The van der Waals surface area contributed by atoms with E-state index < -0.39 is 11.7 Å². The minimum atomic E-state index is -0.692. The van der Waals surface area contributed by atoms with Crippen molar-refractivity contribution in [3.63, 3.8) is 0 Å². The number of ketones is 1. The maximum atomic E-state index is 13.6. The summed E-state index contributed by atoms with van der Waals surface area (Å²) in [5.74, 6) is -1.64. The van der Waals surface area contributed by atoms with E-state index in [0.717, 1.165) is 27.0 Å². The largest absolute Gasteiger partial charge is 0.378 e. The van der Waals surface area contributed by atoms with E-state index in [-0.39, 0.29) is 18.5 Å². The van der Waals surface area contributed by atoms with Gasteiger partial charge in [0, 0.05) is 30.7 Å². The van der Waals surface area contributed by atoms with E-state index in [1.165, 1.54) is 9.91 Å². The highest BCUT2D eigenvalue weighted by molar-refractivity contribution is 9.10. The highest BCUT2D eigenvalue weighted by Crippen LogP contribution is 2.35. The predicted octanol–water partition coefficient (Wildman–Crippen LogP) is 4.42. The zero-order chi connectivity index (χ0) is 24.7. The van der Waals surface area contributed by atoms with Crippen LogP contribution in [0.25, 0.3) is 0 Å². The van der Waals surface area contributed by atoms with Crippen LogP contribution in [0.3, 0.4) is 0 Å². The summed E-state index contributed by atoms with van der Waals surface area (Å²) in [5.41, 5.74) is 4.49. The highest BCUT2D eigenvalue weighted by atomic mass is 79.9. The summed E-state index contributed by atoms with van der Waals surface area (Å²) in [6.45, 7) is -0.259. The normalized spacial score (nSPS) is 17.0. The molecule has 0 aliphatic carbocycles. The molecule has 3 aromatic carbocycles. The predicted molar refractivity (Wildman–Crippen MR) is 139 cm³/mol. The molecule has 3 aromatic rings. The smallest absolute Gasteiger partial charge is 0.299 e. The van der Waals surface area contributed by atoms with Gasteiger partial charge in [-0.3, -0.25) is 19.3 Å². The lowest BCUT2D eigenvalue weighted by Crippen LogP contribution is -2.40. The van der Waals surface area contributed by atoms with E-state index in [9.17, 15) is 14.4 Å². The number of Topliss-reactive ketones (excluding diaryl/α,β-unsaturated/α-hetero) is 1. The molecular weight excluding hydrogens is 508 g/mol. The molecule has 176 valence electrons. The van der Waals surface area contributed by atoms with Crippen LogP contribution >= 0.6 is 15.9 Å². The first-order valence-electron chi connectivity index (χ1n) is 11.2. The summed E-state index contributed by atoms with van der Waals surface area (Å²) in [5, 5.41) is 6.16. The number of carbonyl (C=O) groups is 3. The van der Waals surface area contributed by atoms with Crippen LogP contribution in [0.5, 0.6) is 0 Å². The number of halogens is 1. The van der Waals surface area contributed by atoms with Gasteiger partial charge in [-0.1, -0.05) is 52.3 Å². The molecule has 1 atom stereocenters. The lowest BCUT2D eigenvalue weighted by molar-refractivity contribution is -0.132. The number of carbonyl (C=O) groups excluding carboxylic acids is 3. The molecule has 1 unspecified atom stereocenters. The average molecular weight is 531 g/mol. The van der Waals surface area contributed by atoms with Gasteiger partial charge in [0.05, 0.1) is 23.0 Å². The Morgan fingerprint density at radius 1 is 1.00 bits per heavy atom. The van der Waals surface area contributed by atoms with Crippen molar-refractivity contribution in [2.45, 2.75) is 12.5 Å². The number of anilines is 2. The molecule has 0 saturated carbocycles. The van der Waals surface area contributed by atoms with E-state index in [4.69, 9.17) is 5.10 Å². The minimum absolute atomic E-state index is 0.259. The van der Waals surface area contributed by atoms with Gasteiger partial charge < -0.3 is 4.90 Å². The van der Waals surface area contributed by atoms with E-state index >= 15 is 0 Å². The quantitative estimate of drug-likeness (QED) is 0.457. The van der Waals surface area contributed by atoms with Crippen LogP contribution in [0.1, 0.15) is 33.9 Å². The summed E-state index contributed by atoms with van der Waals surface area (Å²) in [6, 6.07) is 22.2. The third kappa shape index (κ3) is 4.25. The van der Waals surface area contributed by atoms with Gasteiger partial charge in [0.15, 0.2) is 0 Å². The SMILES string of the molecule is CN(C)c1ccc(C2CC(c3ccc(Br)cc3)=NN2C(=O)CN2C(=O)C(=O)c3ccccc32)cc1. The van der Waals surface area contributed by atoms with Crippen molar-refractivity contribution in [3.8, 4) is 0 Å². The monoisotopic (exact) mass is 530 g/mol. The van der Waals surface area contributed by atoms with E-state index in [0.29, 0.717) is 17.7 Å². The second kappa shape index (κ2) is 9.11. The first-order valence-corrected chi connectivity index (χ1v) is 12.0. The maximum Gasteiger partial charge on any atom is 0.299 e.